The predicted octanol–water partition coefficient (Wildman–Crippen LogP) is 3.25. The Morgan fingerprint density at radius 2 is 1.95 bits per heavy atom. The molecule has 0 saturated carbocycles. The van der Waals surface area contributed by atoms with Gasteiger partial charge in [0.25, 0.3) is 0 Å². The number of nitrogens with zero attached hydrogens (tertiary/aromatic N) is 1. The van der Waals surface area contributed by atoms with E-state index in [0.29, 0.717) is 4.90 Å². The Bertz CT molecular complexity index is 613. The van der Waals surface area contributed by atoms with Crippen LogP contribution in [0.2, 0.25) is 0 Å². The van der Waals surface area contributed by atoms with Crippen LogP contribution in [-0.4, -0.2) is 17.1 Å². The number of hydrogen-bond donors (Lipinski definition) is 1. The molecule has 0 fully saturated rings. The summed E-state index contributed by atoms with van der Waals surface area (Å²) < 4.78 is 5.03. The van der Waals surface area contributed by atoms with E-state index < -0.39 is 4.92 Å². The van der Waals surface area contributed by atoms with Crippen molar-refractivity contribution in [3.8, 4) is 5.75 Å². The molecule has 104 valence electrons. The predicted molar refractivity (Wildman–Crippen MR) is 76.1 cm³/mol. The molecule has 0 aromatic heterocycles. The monoisotopic (exact) mass is 291 g/mol. The fourth-order valence-corrected chi connectivity index (χ4v) is 2.66. The molecule has 1 N–H and O–H groups in total. The Hall–Kier alpha value is -2.05. The number of ether oxygens (including phenoxy) is 1. The first kappa shape index (κ1) is 14.4. The van der Waals surface area contributed by atoms with Crippen LogP contribution in [0.3, 0.4) is 0 Å². The lowest BCUT2D eigenvalue weighted by atomic mass is 10.2. The van der Waals surface area contributed by atoms with Gasteiger partial charge in [-0.15, -0.1) is 0 Å². The standard InChI is InChI=1S/C14H13NO4S/c1-19-12-3-2-4-13(14(12)15(17)18)20-11-7-5-10(9-16)6-8-11/h2-8,16H,9H2,1H3. The molecule has 0 aliphatic heterocycles. The van der Waals surface area contributed by atoms with Crippen molar-refractivity contribution in [3.63, 3.8) is 0 Å². The molecule has 20 heavy (non-hydrogen) atoms. The first-order valence-electron chi connectivity index (χ1n) is 5.84. The van der Waals surface area contributed by atoms with Gasteiger partial charge >= 0.3 is 5.69 Å². The maximum Gasteiger partial charge on any atom is 0.324 e. The van der Waals surface area contributed by atoms with Gasteiger partial charge in [-0.3, -0.25) is 10.1 Å². The lowest BCUT2D eigenvalue weighted by Crippen LogP contribution is -1.95. The Morgan fingerprint density at radius 1 is 1.25 bits per heavy atom. The third kappa shape index (κ3) is 3.09. The van der Waals surface area contributed by atoms with E-state index in [9.17, 15) is 10.1 Å². The van der Waals surface area contributed by atoms with Crippen molar-refractivity contribution in [1.82, 2.24) is 0 Å². The quantitative estimate of drug-likeness (QED) is 0.676. The minimum absolute atomic E-state index is 0.0236. The first-order valence-corrected chi connectivity index (χ1v) is 6.66. The molecule has 0 aliphatic carbocycles. The third-order valence-corrected chi connectivity index (χ3v) is 3.76. The van der Waals surface area contributed by atoms with Gasteiger partial charge in [-0.05, 0) is 29.8 Å². The highest BCUT2D eigenvalue weighted by molar-refractivity contribution is 7.99. The van der Waals surface area contributed by atoms with E-state index in [1.807, 2.05) is 12.1 Å². The second-order valence-electron chi connectivity index (χ2n) is 3.97. The average Bonchev–Trinajstić information content (AvgIpc) is 2.47. The second kappa shape index (κ2) is 6.40. The van der Waals surface area contributed by atoms with Crippen molar-refractivity contribution in [2.75, 3.05) is 7.11 Å². The lowest BCUT2D eigenvalue weighted by Gasteiger charge is -2.07. The van der Waals surface area contributed by atoms with Crippen LogP contribution in [0.4, 0.5) is 5.69 Å². The summed E-state index contributed by atoms with van der Waals surface area (Å²) in [5.74, 6) is 0.243. The maximum atomic E-state index is 11.2. The number of aliphatic hydroxyl groups is 1. The van der Waals surface area contributed by atoms with Crippen molar-refractivity contribution >= 4 is 17.4 Å². The Kier molecular flexibility index (Phi) is 4.60. The normalized spacial score (nSPS) is 10.3. The zero-order valence-electron chi connectivity index (χ0n) is 10.8. The van der Waals surface area contributed by atoms with E-state index >= 15 is 0 Å². The number of hydrogen-bond acceptors (Lipinski definition) is 5. The van der Waals surface area contributed by atoms with Gasteiger partial charge in [0, 0.05) is 4.90 Å². The molecule has 0 heterocycles. The molecular formula is C14H13NO4S. The van der Waals surface area contributed by atoms with E-state index in [4.69, 9.17) is 9.84 Å². The molecule has 0 saturated heterocycles. The first-order chi connectivity index (χ1) is 9.65. The topological polar surface area (TPSA) is 72.6 Å². The zero-order chi connectivity index (χ0) is 14.5. The van der Waals surface area contributed by atoms with E-state index in [1.54, 1.807) is 30.3 Å². The van der Waals surface area contributed by atoms with Gasteiger partial charge in [0.2, 0.25) is 0 Å². The minimum Gasteiger partial charge on any atom is -0.490 e. The number of aliphatic hydroxyl groups excluding tert-OH is 1. The van der Waals surface area contributed by atoms with Crippen LogP contribution in [0.25, 0.3) is 0 Å². The number of para-hydroxylation sites is 1. The van der Waals surface area contributed by atoms with Gasteiger partial charge in [-0.1, -0.05) is 30.0 Å². The highest BCUT2D eigenvalue weighted by atomic mass is 32.2. The molecule has 2 aromatic rings. The zero-order valence-corrected chi connectivity index (χ0v) is 11.6. The van der Waals surface area contributed by atoms with Crippen LogP contribution in [0.15, 0.2) is 52.3 Å². The number of nitro groups is 1. The number of methoxy groups -OCH3 is 1. The summed E-state index contributed by atoms with van der Waals surface area (Å²) in [6.07, 6.45) is 0. The fourth-order valence-electron chi connectivity index (χ4n) is 1.72. The highest BCUT2D eigenvalue weighted by Crippen LogP contribution is 2.40. The van der Waals surface area contributed by atoms with Crippen LogP contribution in [0.1, 0.15) is 5.56 Å². The number of benzene rings is 2. The molecule has 0 radical (unpaired) electrons. The maximum absolute atomic E-state index is 11.2. The van der Waals surface area contributed by atoms with Crippen molar-refractivity contribution in [1.29, 1.82) is 0 Å². The summed E-state index contributed by atoms with van der Waals surface area (Å²) in [6, 6.07) is 12.2. The van der Waals surface area contributed by atoms with E-state index in [0.717, 1.165) is 10.5 Å². The summed E-state index contributed by atoms with van der Waals surface area (Å²) in [6.45, 7) is -0.0236. The molecule has 2 aromatic carbocycles. The lowest BCUT2D eigenvalue weighted by molar-refractivity contribution is -0.388. The van der Waals surface area contributed by atoms with Crippen molar-refractivity contribution in [2.45, 2.75) is 16.4 Å². The minimum atomic E-state index is -0.441. The molecule has 0 bridgehead atoms. The number of nitro benzene ring substituents is 1. The smallest absolute Gasteiger partial charge is 0.324 e. The summed E-state index contributed by atoms with van der Waals surface area (Å²) >= 11 is 1.29. The summed E-state index contributed by atoms with van der Waals surface area (Å²) in [5.41, 5.74) is 0.765. The third-order valence-electron chi connectivity index (χ3n) is 2.70. The molecule has 5 nitrogen and oxygen atoms in total. The Balaban J connectivity index is 2.34. The number of rotatable bonds is 5. The Labute approximate surface area is 120 Å². The van der Waals surface area contributed by atoms with E-state index in [1.165, 1.54) is 18.9 Å². The highest BCUT2D eigenvalue weighted by Gasteiger charge is 2.21. The van der Waals surface area contributed by atoms with Crippen LogP contribution >= 0.6 is 11.8 Å². The van der Waals surface area contributed by atoms with Gasteiger partial charge in [-0.2, -0.15) is 0 Å². The molecule has 2 rings (SSSR count). The van der Waals surface area contributed by atoms with Gasteiger partial charge in [0.05, 0.1) is 23.5 Å². The second-order valence-corrected chi connectivity index (χ2v) is 5.08. The molecule has 0 spiro atoms. The summed E-state index contributed by atoms with van der Waals surface area (Å²) in [5, 5.41) is 20.2. The average molecular weight is 291 g/mol. The largest absolute Gasteiger partial charge is 0.490 e. The van der Waals surface area contributed by atoms with Gasteiger partial charge in [0.1, 0.15) is 0 Å². The summed E-state index contributed by atoms with van der Waals surface area (Å²) in [7, 11) is 1.41. The van der Waals surface area contributed by atoms with Crippen LogP contribution in [-0.2, 0) is 6.61 Å². The molecule has 0 amide bonds. The van der Waals surface area contributed by atoms with E-state index in [2.05, 4.69) is 0 Å². The molecular weight excluding hydrogens is 278 g/mol. The van der Waals surface area contributed by atoms with Crippen LogP contribution in [0, 0.1) is 10.1 Å². The molecule has 0 unspecified atom stereocenters. The SMILES string of the molecule is COc1cccc(Sc2ccc(CO)cc2)c1[N+](=O)[O-]. The van der Waals surface area contributed by atoms with Crippen molar-refractivity contribution < 1.29 is 14.8 Å². The molecule has 0 atom stereocenters. The fraction of sp³-hybridized carbons (Fsp3) is 0.143. The Morgan fingerprint density at radius 3 is 2.50 bits per heavy atom. The van der Waals surface area contributed by atoms with E-state index in [-0.39, 0.29) is 18.0 Å². The van der Waals surface area contributed by atoms with Gasteiger partial charge < -0.3 is 9.84 Å². The van der Waals surface area contributed by atoms with Crippen LogP contribution in [0.5, 0.6) is 5.75 Å². The van der Waals surface area contributed by atoms with Crippen molar-refractivity contribution in [3.05, 3.63) is 58.1 Å². The van der Waals surface area contributed by atoms with Crippen molar-refractivity contribution in [2.24, 2.45) is 0 Å². The van der Waals surface area contributed by atoms with Gasteiger partial charge in [-0.25, -0.2) is 0 Å². The van der Waals surface area contributed by atoms with Gasteiger partial charge in [0.15, 0.2) is 5.75 Å². The molecule has 6 heteroatoms. The summed E-state index contributed by atoms with van der Waals surface area (Å²) in [4.78, 5) is 12.1. The molecule has 0 aliphatic rings. The van der Waals surface area contributed by atoms with Crippen LogP contribution < -0.4 is 4.74 Å².